The van der Waals surface area contributed by atoms with Crippen molar-refractivity contribution in [1.29, 1.82) is 0 Å². The summed E-state index contributed by atoms with van der Waals surface area (Å²) in [4.78, 5) is 9.56. The minimum Gasteiger partial charge on any atom is -0.367 e. The second-order valence-electron chi connectivity index (χ2n) is 3.41. The van der Waals surface area contributed by atoms with Crippen molar-refractivity contribution in [2.24, 2.45) is 5.92 Å². The first-order valence-electron chi connectivity index (χ1n) is 4.45. The molecule has 0 saturated carbocycles. The summed E-state index contributed by atoms with van der Waals surface area (Å²) in [7, 11) is -5.77. The number of aliphatic hydroxyl groups is 1. The third-order valence-corrected chi connectivity index (χ3v) is 7.94. The van der Waals surface area contributed by atoms with E-state index < -0.39 is 26.2 Å². The molecule has 0 amide bonds. The minimum absolute atomic E-state index is 0.867. The zero-order valence-electron chi connectivity index (χ0n) is 9.91. The molecular formula is C7H18O7P2. The Morgan fingerprint density at radius 3 is 1.62 bits per heavy atom. The lowest BCUT2D eigenvalue weighted by molar-refractivity contribution is 0.0763. The van der Waals surface area contributed by atoms with Crippen LogP contribution in [0.2, 0.25) is 0 Å². The van der Waals surface area contributed by atoms with Crippen LogP contribution in [0.15, 0.2) is 0 Å². The SMILES string of the molecule is COP(=O)(O)C(O)(C(C)C)P(=O)(OC)OC. The Hall–Kier alpha value is 0.260. The van der Waals surface area contributed by atoms with E-state index in [1.165, 1.54) is 13.8 Å². The molecule has 0 heterocycles. The average Bonchev–Trinajstić information content (AvgIpc) is 2.26. The average molecular weight is 276 g/mol. The Morgan fingerprint density at radius 2 is 1.44 bits per heavy atom. The molecule has 98 valence electrons. The van der Waals surface area contributed by atoms with Crippen molar-refractivity contribution in [2.75, 3.05) is 21.3 Å². The van der Waals surface area contributed by atoms with Crippen molar-refractivity contribution >= 4 is 15.2 Å². The van der Waals surface area contributed by atoms with Crippen LogP contribution in [0.5, 0.6) is 0 Å². The lowest BCUT2D eigenvalue weighted by Gasteiger charge is -2.37. The van der Waals surface area contributed by atoms with E-state index >= 15 is 0 Å². The zero-order chi connectivity index (χ0) is 13.2. The molecular weight excluding hydrogens is 258 g/mol. The summed E-state index contributed by atoms with van der Waals surface area (Å²) < 4.78 is 37.4. The van der Waals surface area contributed by atoms with Gasteiger partial charge in [0.2, 0.25) is 0 Å². The molecule has 16 heavy (non-hydrogen) atoms. The number of rotatable bonds is 6. The van der Waals surface area contributed by atoms with Crippen molar-refractivity contribution in [2.45, 2.75) is 18.9 Å². The van der Waals surface area contributed by atoms with Gasteiger partial charge in [0.25, 0.3) is 5.08 Å². The maximum atomic E-state index is 12.1. The largest absolute Gasteiger partial charge is 0.374 e. The fourth-order valence-electron chi connectivity index (χ4n) is 1.27. The highest BCUT2D eigenvalue weighted by Crippen LogP contribution is 2.76. The summed E-state index contributed by atoms with van der Waals surface area (Å²) in [6, 6.07) is 0. The second-order valence-corrected chi connectivity index (χ2v) is 8.26. The molecule has 0 aliphatic heterocycles. The Balaban J connectivity index is 5.82. The molecule has 0 aromatic heterocycles. The highest BCUT2D eigenvalue weighted by atomic mass is 31.2. The van der Waals surface area contributed by atoms with Crippen LogP contribution >= 0.6 is 15.2 Å². The highest BCUT2D eigenvalue weighted by molar-refractivity contribution is 7.73. The first-order chi connectivity index (χ1) is 7.13. The maximum absolute atomic E-state index is 12.1. The maximum Gasteiger partial charge on any atom is 0.374 e. The summed E-state index contributed by atoms with van der Waals surface area (Å²) >= 11 is 0. The van der Waals surface area contributed by atoms with Crippen LogP contribution in [0, 0.1) is 5.92 Å². The van der Waals surface area contributed by atoms with Crippen LogP contribution in [-0.2, 0) is 22.7 Å². The normalized spacial score (nSPS) is 20.5. The summed E-state index contributed by atoms with van der Waals surface area (Å²) in [5.74, 6) is -0.867. The van der Waals surface area contributed by atoms with Gasteiger partial charge < -0.3 is 23.6 Å². The van der Waals surface area contributed by atoms with E-state index in [0.717, 1.165) is 21.3 Å². The molecule has 0 aliphatic carbocycles. The first kappa shape index (κ1) is 16.3. The summed E-state index contributed by atoms with van der Waals surface area (Å²) in [6.45, 7) is 2.82. The molecule has 2 N–H and O–H groups in total. The zero-order valence-corrected chi connectivity index (χ0v) is 11.7. The van der Waals surface area contributed by atoms with Crippen molar-refractivity contribution in [1.82, 2.24) is 0 Å². The predicted molar refractivity (Wildman–Crippen MR) is 58.2 cm³/mol. The Labute approximate surface area is 94.8 Å². The van der Waals surface area contributed by atoms with Gasteiger partial charge in [0.05, 0.1) is 0 Å². The Kier molecular flexibility index (Phi) is 5.36. The molecule has 0 bridgehead atoms. The molecule has 0 fully saturated rings. The summed E-state index contributed by atoms with van der Waals surface area (Å²) in [5.41, 5.74) is 0. The van der Waals surface area contributed by atoms with Crippen LogP contribution in [0.3, 0.4) is 0 Å². The van der Waals surface area contributed by atoms with E-state index in [1.807, 2.05) is 0 Å². The van der Waals surface area contributed by atoms with E-state index in [-0.39, 0.29) is 0 Å². The standard InChI is InChI=1S/C7H18O7P2/c1-6(2)7(8,15(9,10)12-3)16(11,13-4)14-5/h6,8H,1-5H3,(H,9,10). The van der Waals surface area contributed by atoms with E-state index in [9.17, 15) is 19.1 Å². The monoisotopic (exact) mass is 276 g/mol. The van der Waals surface area contributed by atoms with Gasteiger partial charge in [-0.15, -0.1) is 0 Å². The van der Waals surface area contributed by atoms with Gasteiger partial charge in [-0.2, -0.15) is 0 Å². The fraction of sp³-hybridized carbons (Fsp3) is 1.00. The van der Waals surface area contributed by atoms with Crippen LogP contribution in [-0.4, -0.2) is 36.4 Å². The fourth-order valence-corrected chi connectivity index (χ4v) is 5.49. The van der Waals surface area contributed by atoms with Crippen molar-refractivity contribution in [3.63, 3.8) is 0 Å². The molecule has 0 radical (unpaired) electrons. The van der Waals surface area contributed by atoms with Gasteiger partial charge in [-0.3, -0.25) is 9.13 Å². The lowest BCUT2D eigenvalue weighted by Crippen LogP contribution is -2.36. The third kappa shape index (κ3) is 2.27. The van der Waals surface area contributed by atoms with Crippen LogP contribution in [0.4, 0.5) is 0 Å². The third-order valence-electron chi connectivity index (χ3n) is 2.32. The Morgan fingerprint density at radius 1 is 1.06 bits per heavy atom. The topological polar surface area (TPSA) is 102 Å². The number of hydrogen-bond donors (Lipinski definition) is 2. The van der Waals surface area contributed by atoms with Gasteiger partial charge in [0.15, 0.2) is 0 Å². The molecule has 0 spiro atoms. The predicted octanol–water partition coefficient (Wildman–Crippen LogP) is 1.61. The molecule has 0 rings (SSSR count). The van der Waals surface area contributed by atoms with Crippen molar-refractivity contribution in [3.8, 4) is 0 Å². The van der Waals surface area contributed by atoms with Crippen molar-refractivity contribution in [3.05, 3.63) is 0 Å². The van der Waals surface area contributed by atoms with E-state index in [0.29, 0.717) is 0 Å². The lowest BCUT2D eigenvalue weighted by atomic mass is 10.2. The highest BCUT2D eigenvalue weighted by Gasteiger charge is 2.64. The smallest absolute Gasteiger partial charge is 0.367 e. The van der Waals surface area contributed by atoms with Gasteiger partial charge in [0.1, 0.15) is 0 Å². The van der Waals surface area contributed by atoms with E-state index in [4.69, 9.17) is 0 Å². The quantitative estimate of drug-likeness (QED) is 0.710. The van der Waals surface area contributed by atoms with Gasteiger partial charge in [-0.25, -0.2) is 0 Å². The molecule has 2 atom stereocenters. The molecule has 0 aliphatic rings. The van der Waals surface area contributed by atoms with E-state index in [1.54, 1.807) is 0 Å². The Bertz CT molecular complexity index is 321. The second kappa shape index (κ2) is 5.27. The van der Waals surface area contributed by atoms with Gasteiger partial charge >= 0.3 is 15.2 Å². The molecule has 7 nitrogen and oxygen atoms in total. The molecule has 2 unspecified atom stereocenters. The van der Waals surface area contributed by atoms with Crippen LogP contribution < -0.4 is 0 Å². The van der Waals surface area contributed by atoms with Crippen LogP contribution in [0.1, 0.15) is 13.8 Å². The van der Waals surface area contributed by atoms with Crippen molar-refractivity contribution < 1.29 is 32.7 Å². The summed E-state index contributed by atoms with van der Waals surface area (Å²) in [5, 5.41) is 7.59. The van der Waals surface area contributed by atoms with Gasteiger partial charge in [0, 0.05) is 27.2 Å². The van der Waals surface area contributed by atoms with Gasteiger partial charge in [-0.1, -0.05) is 13.8 Å². The molecule has 9 heteroatoms. The minimum atomic E-state index is -4.56. The van der Waals surface area contributed by atoms with E-state index in [2.05, 4.69) is 13.6 Å². The first-order valence-corrected chi connectivity index (χ1v) is 7.57. The molecule has 0 saturated heterocycles. The summed E-state index contributed by atoms with van der Waals surface area (Å²) in [6.07, 6.45) is 0. The van der Waals surface area contributed by atoms with Crippen LogP contribution in [0.25, 0.3) is 0 Å². The molecule has 0 aromatic carbocycles. The molecule has 0 aromatic rings. The van der Waals surface area contributed by atoms with Gasteiger partial charge in [-0.05, 0) is 0 Å². The number of hydrogen-bond acceptors (Lipinski definition) is 6.